The third-order valence-electron chi connectivity index (χ3n) is 4.81. The normalized spacial score (nSPS) is 11.4. The SMILES string of the molecule is Cc1cc(C)n(CCCNC(=NCc2ccccc2)NCc2ccc([N+](=O)[O-])cc2)n1. The van der Waals surface area contributed by atoms with Crippen molar-refractivity contribution in [2.45, 2.75) is 39.9 Å². The molecule has 0 amide bonds. The van der Waals surface area contributed by atoms with Crippen molar-refractivity contribution in [3.8, 4) is 0 Å². The number of benzene rings is 2. The summed E-state index contributed by atoms with van der Waals surface area (Å²) in [6.07, 6.45) is 0.908. The van der Waals surface area contributed by atoms with Crippen molar-refractivity contribution in [2.24, 2.45) is 4.99 Å². The van der Waals surface area contributed by atoms with Gasteiger partial charge in [-0.25, -0.2) is 4.99 Å². The Morgan fingerprint density at radius 1 is 1.06 bits per heavy atom. The number of nitro benzene ring substituents is 1. The first-order valence-corrected chi connectivity index (χ1v) is 10.3. The fraction of sp³-hybridized carbons (Fsp3) is 0.304. The number of nitro groups is 1. The number of guanidine groups is 1. The highest BCUT2D eigenvalue weighted by Gasteiger charge is 2.05. The molecule has 3 aromatic rings. The van der Waals surface area contributed by atoms with Crippen LogP contribution in [0.25, 0.3) is 0 Å². The maximum Gasteiger partial charge on any atom is 0.269 e. The highest BCUT2D eigenvalue weighted by molar-refractivity contribution is 5.79. The molecule has 0 unspecified atom stereocenters. The fourth-order valence-corrected chi connectivity index (χ4v) is 3.19. The van der Waals surface area contributed by atoms with E-state index in [1.165, 1.54) is 12.1 Å². The van der Waals surface area contributed by atoms with Crippen LogP contribution in [0.3, 0.4) is 0 Å². The lowest BCUT2D eigenvalue weighted by Crippen LogP contribution is -2.37. The van der Waals surface area contributed by atoms with Crippen molar-refractivity contribution in [3.63, 3.8) is 0 Å². The van der Waals surface area contributed by atoms with Gasteiger partial charge in [-0.3, -0.25) is 14.8 Å². The molecule has 0 spiro atoms. The number of hydrogen-bond acceptors (Lipinski definition) is 4. The molecule has 8 nitrogen and oxygen atoms in total. The molecule has 0 aliphatic rings. The second-order valence-corrected chi connectivity index (χ2v) is 7.36. The van der Waals surface area contributed by atoms with Gasteiger partial charge in [0.25, 0.3) is 5.69 Å². The highest BCUT2D eigenvalue weighted by atomic mass is 16.6. The van der Waals surface area contributed by atoms with Gasteiger partial charge in [-0.1, -0.05) is 42.5 Å². The van der Waals surface area contributed by atoms with Gasteiger partial charge < -0.3 is 10.6 Å². The van der Waals surface area contributed by atoms with Crippen molar-refractivity contribution in [1.29, 1.82) is 0 Å². The van der Waals surface area contributed by atoms with E-state index in [4.69, 9.17) is 0 Å². The maximum atomic E-state index is 10.8. The second kappa shape index (κ2) is 10.9. The first-order valence-electron chi connectivity index (χ1n) is 10.3. The van der Waals surface area contributed by atoms with E-state index in [2.05, 4.69) is 33.7 Å². The van der Waals surface area contributed by atoms with Gasteiger partial charge in [-0.15, -0.1) is 0 Å². The molecule has 162 valence electrons. The Bertz CT molecular complexity index is 1010. The Kier molecular flexibility index (Phi) is 7.75. The first kappa shape index (κ1) is 22.0. The van der Waals surface area contributed by atoms with Gasteiger partial charge in [-0.2, -0.15) is 5.10 Å². The van der Waals surface area contributed by atoms with Crippen molar-refractivity contribution in [1.82, 2.24) is 20.4 Å². The Balaban J connectivity index is 1.57. The molecule has 1 aromatic heterocycles. The Morgan fingerprint density at radius 3 is 2.45 bits per heavy atom. The summed E-state index contributed by atoms with van der Waals surface area (Å²) >= 11 is 0. The van der Waals surface area contributed by atoms with Crippen LogP contribution in [0.2, 0.25) is 0 Å². The molecule has 31 heavy (non-hydrogen) atoms. The van der Waals surface area contributed by atoms with E-state index in [0.29, 0.717) is 19.0 Å². The van der Waals surface area contributed by atoms with E-state index in [0.717, 1.165) is 42.0 Å². The predicted molar refractivity (Wildman–Crippen MR) is 122 cm³/mol. The first-order chi connectivity index (χ1) is 15.0. The zero-order chi connectivity index (χ0) is 22.1. The highest BCUT2D eigenvalue weighted by Crippen LogP contribution is 2.11. The smallest absolute Gasteiger partial charge is 0.269 e. The molecule has 0 aliphatic carbocycles. The van der Waals surface area contributed by atoms with Crippen molar-refractivity contribution in [2.75, 3.05) is 6.54 Å². The number of nitrogens with one attached hydrogen (secondary N) is 2. The van der Waals surface area contributed by atoms with Crippen LogP contribution in [0.15, 0.2) is 65.7 Å². The molecule has 0 fully saturated rings. The lowest BCUT2D eigenvalue weighted by Gasteiger charge is -2.13. The quantitative estimate of drug-likeness (QED) is 0.181. The summed E-state index contributed by atoms with van der Waals surface area (Å²) in [5.41, 5.74) is 4.35. The minimum Gasteiger partial charge on any atom is -0.356 e. The summed E-state index contributed by atoms with van der Waals surface area (Å²) in [6.45, 7) is 6.73. The lowest BCUT2D eigenvalue weighted by atomic mass is 10.2. The van der Waals surface area contributed by atoms with Crippen LogP contribution in [-0.2, 0) is 19.6 Å². The second-order valence-electron chi connectivity index (χ2n) is 7.36. The zero-order valence-electron chi connectivity index (χ0n) is 17.9. The van der Waals surface area contributed by atoms with Gasteiger partial charge in [0.2, 0.25) is 0 Å². The van der Waals surface area contributed by atoms with E-state index in [1.807, 2.05) is 41.9 Å². The summed E-state index contributed by atoms with van der Waals surface area (Å²) in [5.74, 6) is 0.704. The molecule has 3 rings (SSSR count). The summed E-state index contributed by atoms with van der Waals surface area (Å²) in [7, 11) is 0. The number of aryl methyl sites for hydroxylation is 3. The van der Waals surface area contributed by atoms with Gasteiger partial charge in [0.15, 0.2) is 5.96 Å². The minimum absolute atomic E-state index is 0.0870. The van der Waals surface area contributed by atoms with Crippen LogP contribution in [0.5, 0.6) is 0 Å². The third kappa shape index (κ3) is 6.95. The fourth-order valence-electron chi connectivity index (χ4n) is 3.19. The van der Waals surface area contributed by atoms with Gasteiger partial charge in [0.05, 0.1) is 17.2 Å². The van der Waals surface area contributed by atoms with E-state index >= 15 is 0 Å². The molecule has 0 aliphatic heterocycles. The minimum atomic E-state index is -0.395. The maximum absolute atomic E-state index is 10.8. The molecule has 0 saturated heterocycles. The van der Waals surface area contributed by atoms with Gasteiger partial charge in [0, 0.05) is 37.5 Å². The number of aliphatic imine (C=N–C) groups is 1. The van der Waals surface area contributed by atoms with Crippen LogP contribution < -0.4 is 10.6 Å². The van der Waals surface area contributed by atoms with Crippen LogP contribution >= 0.6 is 0 Å². The van der Waals surface area contributed by atoms with Crippen molar-refractivity contribution in [3.05, 3.63) is 93.3 Å². The molecular formula is C23H28N6O2. The zero-order valence-corrected chi connectivity index (χ0v) is 17.9. The molecule has 2 aromatic carbocycles. The summed E-state index contributed by atoms with van der Waals surface area (Å²) < 4.78 is 2.02. The van der Waals surface area contributed by atoms with Gasteiger partial charge in [-0.05, 0) is 37.5 Å². The number of nitrogens with zero attached hydrogens (tertiary/aromatic N) is 4. The van der Waals surface area contributed by atoms with E-state index < -0.39 is 4.92 Å². The van der Waals surface area contributed by atoms with Crippen molar-refractivity contribution < 1.29 is 4.92 Å². The molecular weight excluding hydrogens is 392 g/mol. The molecule has 0 bridgehead atoms. The molecule has 2 N–H and O–H groups in total. The van der Waals surface area contributed by atoms with Crippen LogP contribution in [-0.4, -0.2) is 27.2 Å². The van der Waals surface area contributed by atoms with Crippen LogP contribution in [0.1, 0.15) is 28.9 Å². The van der Waals surface area contributed by atoms with E-state index in [9.17, 15) is 10.1 Å². The standard InChI is InChI=1S/C23H28N6O2/c1-18-15-19(2)28(27-18)14-6-13-24-23(25-16-20-7-4-3-5-8-20)26-17-21-9-11-22(12-10-21)29(30)31/h3-5,7-12,15H,6,13-14,16-17H2,1-2H3,(H2,24,25,26). The van der Waals surface area contributed by atoms with Gasteiger partial charge >= 0.3 is 0 Å². The van der Waals surface area contributed by atoms with E-state index in [1.54, 1.807) is 12.1 Å². The number of rotatable bonds is 9. The average molecular weight is 421 g/mol. The third-order valence-corrected chi connectivity index (χ3v) is 4.81. The summed E-state index contributed by atoms with van der Waals surface area (Å²) in [6, 6.07) is 18.7. The Morgan fingerprint density at radius 2 is 1.81 bits per heavy atom. The molecule has 0 atom stereocenters. The van der Waals surface area contributed by atoms with Gasteiger partial charge in [0.1, 0.15) is 0 Å². The largest absolute Gasteiger partial charge is 0.356 e. The molecule has 0 saturated carbocycles. The van der Waals surface area contributed by atoms with E-state index in [-0.39, 0.29) is 5.69 Å². The summed E-state index contributed by atoms with van der Waals surface area (Å²) in [5, 5.41) is 22.0. The Labute approximate surface area is 182 Å². The molecule has 0 radical (unpaired) electrons. The molecule has 1 heterocycles. The van der Waals surface area contributed by atoms with Crippen molar-refractivity contribution >= 4 is 11.6 Å². The lowest BCUT2D eigenvalue weighted by molar-refractivity contribution is -0.384. The average Bonchev–Trinajstić information content (AvgIpc) is 3.10. The Hall–Kier alpha value is -3.68. The molecule has 8 heteroatoms. The predicted octanol–water partition coefficient (Wildman–Crippen LogP) is 3.73. The van der Waals surface area contributed by atoms with Crippen LogP contribution in [0, 0.1) is 24.0 Å². The summed E-state index contributed by atoms with van der Waals surface area (Å²) in [4.78, 5) is 15.1. The topological polar surface area (TPSA) is 97.4 Å². The monoisotopic (exact) mass is 420 g/mol. The van der Waals surface area contributed by atoms with Crippen LogP contribution in [0.4, 0.5) is 5.69 Å². The number of non-ortho nitro benzene ring substituents is 1. The number of hydrogen-bond donors (Lipinski definition) is 2. The number of aromatic nitrogens is 2.